The summed E-state index contributed by atoms with van der Waals surface area (Å²) in [6.45, 7) is 5.50. The normalized spacial score (nSPS) is 15.7. The van der Waals surface area contributed by atoms with Gasteiger partial charge in [-0.15, -0.1) is 0 Å². The zero-order valence-electron chi connectivity index (χ0n) is 18.3. The van der Waals surface area contributed by atoms with Crippen LogP contribution in [-0.2, 0) is 26.3 Å². The molecule has 0 aromatic heterocycles. The van der Waals surface area contributed by atoms with Crippen molar-refractivity contribution in [3.8, 4) is 0 Å². The number of thioether (sulfide) groups is 1. The third-order valence-electron chi connectivity index (χ3n) is 5.58. The highest BCUT2D eigenvalue weighted by atomic mass is 32.2. The summed E-state index contributed by atoms with van der Waals surface area (Å²) >= 11 is 1.80. The van der Waals surface area contributed by atoms with Crippen molar-refractivity contribution in [1.29, 1.82) is 0 Å². The summed E-state index contributed by atoms with van der Waals surface area (Å²) in [6.07, 6.45) is 1.16. The van der Waals surface area contributed by atoms with E-state index in [-0.39, 0.29) is 17.6 Å². The van der Waals surface area contributed by atoms with Gasteiger partial charge in [-0.1, -0.05) is 59.7 Å². The summed E-state index contributed by atoms with van der Waals surface area (Å²) < 4.78 is 27.0. The van der Waals surface area contributed by atoms with Crippen molar-refractivity contribution in [3.05, 3.63) is 70.8 Å². The van der Waals surface area contributed by atoms with Crippen molar-refractivity contribution in [2.45, 2.75) is 38.2 Å². The van der Waals surface area contributed by atoms with Crippen LogP contribution in [0.25, 0.3) is 0 Å². The predicted octanol–water partition coefficient (Wildman–Crippen LogP) is 3.89. The maximum Gasteiger partial charge on any atom is 0.223 e. The lowest BCUT2D eigenvalue weighted by atomic mass is 9.97. The molecule has 5 nitrogen and oxygen atoms in total. The lowest BCUT2D eigenvalue weighted by molar-refractivity contribution is -0.125. The molecule has 0 aliphatic carbocycles. The van der Waals surface area contributed by atoms with Crippen LogP contribution >= 0.6 is 11.8 Å². The second kappa shape index (κ2) is 11.2. The number of hydrogen-bond acceptors (Lipinski definition) is 4. The Balaban J connectivity index is 1.36. The van der Waals surface area contributed by atoms with Crippen LogP contribution in [0.15, 0.2) is 48.5 Å². The van der Waals surface area contributed by atoms with E-state index in [4.69, 9.17) is 0 Å². The fraction of sp³-hybridized carbons (Fsp3) is 0.458. The SMILES string of the molecule is Cc1ccc(CSCCNC(=O)C2CCN(S(=O)(=O)Cc3cccc(C)c3)CC2)cc1. The van der Waals surface area contributed by atoms with Crippen molar-refractivity contribution < 1.29 is 13.2 Å². The Kier molecular flexibility index (Phi) is 8.58. The quantitative estimate of drug-likeness (QED) is 0.577. The minimum absolute atomic E-state index is 0.0176. The van der Waals surface area contributed by atoms with Crippen LogP contribution < -0.4 is 5.32 Å². The largest absolute Gasteiger partial charge is 0.355 e. The van der Waals surface area contributed by atoms with Crippen molar-refractivity contribution in [3.63, 3.8) is 0 Å². The summed E-state index contributed by atoms with van der Waals surface area (Å²) in [5, 5.41) is 3.02. The third kappa shape index (κ3) is 7.37. The van der Waals surface area contributed by atoms with Crippen LogP contribution in [-0.4, -0.2) is 44.0 Å². The van der Waals surface area contributed by atoms with Crippen molar-refractivity contribution >= 4 is 27.7 Å². The molecule has 1 amide bonds. The van der Waals surface area contributed by atoms with Crippen LogP contribution in [0.5, 0.6) is 0 Å². The molecule has 2 aromatic carbocycles. The van der Waals surface area contributed by atoms with Crippen molar-refractivity contribution in [2.24, 2.45) is 5.92 Å². The highest BCUT2D eigenvalue weighted by Gasteiger charge is 2.31. The number of nitrogens with one attached hydrogen (secondary N) is 1. The fourth-order valence-corrected chi connectivity index (χ4v) is 6.13. The molecule has 1 heterocycles. The molecule has 1 saturated heterocycles. The number of rotatable bonds is 9. The first-order valence-electron chi connectivity index (χ1n) is 10.8. The number of sulfonamides is 1. The number of hydrogen-bond donors (Lipinski definition) is 1. The predicted molar refractivity (Wildman–Crippen MR) is 128 cm³/mol. The smallest absolute Gasteiger partial charge is 0.223 e. The highest BCUT2D eigenvalue weighted by Crippen LogP contribution is 2.22. The van der Waals surface area contributed by atoms with Gasteiger partial charge in [0.05, 0.1) is 5.75 Å². The topological polar surface area (TPSA) is 66.5 Å². The average Bonchev–Trinajstić information content (AvgIpc) is 2.74. The number of nitrogens with zero attached hydrogens (tertiary/aromatic N) is 1. The molecule has 0 unspecified atom stereocenters. The van der Waals surface area contributed by atoms with Crippen molar-refractivity contribution in [1.82, 2.24) is 9.62 Å². The second-order valence-corrected chi connectivity index (χ2v) is 11.3. The molecule has 1 fully saturated rings. The molecule has 0 bridgehead atoms. The molecule has 3 rings (SSSR count). The first-order valence-corrected chi connectivity index (χ1v) is 13.5. The van der Waals surface area contributed by atoms with Gasteiger partial charge in [-0.25, -0.2) is 12.7 Å². The van der Waals surface area contributed by atoms with Crippen LogP contribution in [0, 0.1) is 19.8 Å². The van der Waals surface area contributed by atoms with Gasteiger partial charge >= 0.3 is 0 Å². The van der Waals surface area contributed by atoms with E-state index < -0.39 is 10.0 Å². The number of carbonyl (C=O) groups excluding carboxylic acids is 1. The van der Waals surface area contributed by atoms with Gasteiger partial charge in [0.25, 0.3) is 0 Å². The van der Waals surface area contributed by atoms with Gasteiger partial charge in [-0.3, -0.25) is 4.79 Å². The number of carbonyl (C=O) groups is 1. The van der Waals surface area contributed by atoms with E-state index in [0.29, 0.717) is 32.5 Å². The Morgan fingerprint density at radius 1 is 1.03 bits per heavy atom. The second-order valence-electron chi connectivity index (χ2n) is 8.25. The van der Waals surface area contributed by atoms with Crippen molar-refractivity contribution in [2.75, 3.05) is 25.4 Å². The molecule has 0 saturated carbocycles. The van der Waals surface area contributed by atoms with Gasteiger partial charge in [0.15, 0.2) is 0 Å². The molecule has 7 heteroatoms. The summed E-state index contributed by atoms with van der Waals surface area (Å²) in [5.74, 6) is 1.76. The highest BCUT2D eigenvalue weighted by molar-refractivity contribution is 7.98. The zero-order chi connectivity index (χ0) is 22.3. The average molecular weight is 461 g/mol. The van der Waals surface area contributed by atoms with Crippen LogP contribution in [0.1, 0.15) is 35.1 Å². The van der Waals surface area contributed by atoms with E-state index in [0.717, 1.165) is 22.6 Å². The van der Waals surface area contributed by atoms with Crippen LogP contribution in [0.3, 0.4) is 0 Å². The molecule has 31 heavy (non-hydrogen) atoms. The van der Waals surface area contributed by atoms with Crippen LogP contribution in [0.4, 0.5) is 0 Å². The van der Waals surface area contributed by atoms with Gasteiger partial charge in [0.2, 0.25) is 15.9 Å². The van der Waals surface area contributed by atoms with Gasteiger partial charge in [-0.05, 0) is 37.8 Å². The van der Waals surface area contributed by atoms with E-state index in [1.807, 2.05) is 31.2 Å². The third-order valence-corrected chi connectivity index (χ3v) is 8.46. The summed E-state index contributed by atoms with van der Waals surface area (Å²) in [5.41, 5.74) is 4.42. The molecule has 1 aliphatic rings. The molecular weight excluding hydrogens is 428 g/mol. The number of piperidine rings is 1. The number of aryl methyl sites for hydroxylation is 2. The monoisotopic (exact) mass is 460 g/mol. The number of amides is 1. The first-order chi connectivity index (χ1) is 14.8. The van der Waals surface area contributed by atoms with E-state index in [1.54, 1.807) is 11.8 Å². The molecular formula is C24H32N2O3S2. The molecule has 168 valence electrons. The Morgan fingerprint density at radius 2 is 1.74 bits per heavy atom. The first kappa shape index (κ1) is 23.8. The fourth-order valence-electron chi connectivity index (χ4n) is 3.77. The Morgan fingerprint density at radius 3 is 2.42 bits per heavy atom. The molecule has 1 N–H and O–H groups in total. The van der Waals surface area contributed by atoms with Gasteiger partial charge in [0.1, 0.15) is 0 Å². The van der Waals surface area contributed by atoms with E-state index in [2.05, 4.69) is 36.5 Å². The Bertz CT molecular complexity index is 967. The molecule has 0 atom stereocenters. The standard InChI is InChI=1S/C24H32N2O3S2/c1-19-6-8-21(9-7-19)17-30-15-12-25-24(27)23-10-13-26(14-11-23)31(28,29)18-22-5-3-4-20(2)16-22/h3-9,16,23H,10-15,17-18H2,1-2H3,(H,25,27). The Hall–Kier alpha value is -1.83. The van der Waals surface area contributed by atoms with Crippen LogP contribution in [0.2, 0.25) is 0 Å². The summed E-state index contributed by atoms with van der Waals surface area (Å²) in [7, 11) is -3.36. The zero-order valence-corrected chi connectivity index (χ0v) is 20.0. The minimum Gasteiger partial charge on any atom is -0.355 e. The molecule has 1 aliphatic heterocycles. The molecule has 0 radical (unpaired) electrons. The lowest BCUT2D eigenvalue weighted by Crippen LogP contribution is -2.43. The van der Waals surface area contributed by atoms with Gasteiger partial charge in [-0.2, -0.15) is 11.8 Å². The molecule has 0 spiro atoms. The lowest BCUT2D eigenvalue weighted by Gasteiger charge is -2.30. The van der Waals surface area contributed by atoms with Gasteiger partial charge in [0, 0.05) is 37.1 Å². The van der Waals surface area contributed by atoms with Gasteiger partial charge < -0.3 is 5.32 Å². The number of benzene rings is 2. The molecule has 2 aromatic rings. The Labute approximate surface area is 190 Å². The van der Waals surface area contributed by atoms with E-state index in [9.17, 15) is 13.2 Å². The maximum atomic E-state index is 12.7. The van der Waals surface area contributed by atoms with E-state index in [1.165, 1.54) is 15.4 Å². The summed E-state index contributed by atoms with van der Waals surface area (Å²) in [6, 6.07) is 16.1. The minimum atomic E-state index is -3.36. The maximum absolute atomic E-state index is 12.7. The summed E-state index contributed by atoms with van der Waals surface area (Å²) in [4.78, 5) is 12.5. The van der Waals surface area contributed by atoms with E-state index >= 15 is 0 Å².